The fraction of sp³-hybridized carbons (Fsp3) is 0.308. The maximum atomic E-state index is 13.6. The summed E-state index contributed by atoms with van der Waals surface area (Å²) in [5.74, 6) is -0.701. The number of carbonyl (C=O) groups is 1. The van der Waals surface area contributed by atoms with Crippen molar-refractivity contribution in [3.63, 3.8) is 0 Å². The molecule has 1 unspecified atom stereocenters. The van der Waals surface area contributed by atoms with Crippen molar-refractivity contribution >= 4 is 22.4 Å². The van der Waals surface area contributed by atoms with E-state index in [2.05, 4.69) is 20.8 Å². The molecular weight excluding hydrogens is 279 g/mol. The highest BCUT2D eigenvalue weighted by Crippen LogP contribution is 2.19. The number of carbonyl (C=O) groups excluding carboxylic acids is 1. The molecule has 0 saturated heterocycles. The van der Waals surface area contributed by atoms with Crippen LogP contribution in [-0.2, 0) is 0 Å². The Kier molecular flexibility index (Phi) is 4.62. The summed E-state index contributed by atoms with van der Waals surface area (Å²) in [5, 5.41) is 14.2. The number of nitrogens with one attached hydrogen (secondary N) is 2. The summed E-state index contributed by atoms with van der Waals surface area (Å²) in [5.41, 5.74) is 0.442. The maximum absolute atomic E-state index is 13.6. The molecule has 0 spiro atoms. The summed E-state index contributed by atoms with van der Waals surface area (Å²) in [7, 11) is 0. The highest BCUT2D eigenvalue weighted by molar-refractivity contribution is 7.17. The zero-order valence-corrected chi connectivity index (χ0v) is 12.0. The first-order chi connectivity index (χ1) is 9.61. The van der Waals surface area contributed by atoms with Gasteiger partial charge in [0.25, 0.3) is 5.91 Å². The third-order valence-electron chi connectivity index (χ3n) is 2.67. The first-order valence-electron chi connectivity index (χ1n) is 6.24. The average Bonchev–Trinajstić information content (AvgIpc) is 2.88. The number of aromatic nitrogens is 2. The topological polar surface area (TPSA) is 66.9 Å². The number of hydrogen-bond acceptors (Lipinski definition) is 5. The van der Waals surface area contributed by atoms with Crippen LogP contribution in [0.15, 0.2) is 24.3 Å². The smallest absolute Gasteiger partial charge is 0.282 e. The molecule has 1 amide bonds. The first kappa shape index (κ1) is 14.4. The molecule has 1 aromatic carbocycles. The van der Waals surface area contributed by atoms with E-state index in [1.54, 1.807) is 25.1 Å². The molecule has 0 aliphatic carbocycles. The molecule has 2 N–H and O–H groups in total. The van der Waals surface area contributed by atoms with Crippen LogP contribution in [0.3, 0.4) is 0 Å². The van der Waals surface area contributed by atoms with Crippen molar-refractivity contribution in [1.29, 1.82) is 0 Å². The Morgan fingerprint density at radius 2 is 2.15 bits per heavy atom. The summed E-state index contributed by atoms with van der Waals surface area (Å²) in [6.45, 7) is 4.37. The number of hydrogen-bond donors (Lipinski definition) is 2. The van der Waals surface area contributed by atoms with Crippen molar-refractivity contribution in [1.82, 2.24) is 15.5 Å². The fourth-order valence-electron chi connectivity index (χ4n) is 1.70. The van der Waals surface area contributed by atoms with Gasteiger partial charge in [-0.25, -0.2) is 4.39 Å². The lowest BCUT2D eigenvalue weighted by atomic mass is 10.1. The molecule has 0 aliphatic rings. The lowest BCUT2D eigenvalue weighted by Gasteiger charge is -2.13. The van der Waals surface area contributed by atoms with Crippen LogP contribution in [0.5, 0.6) is 0 Å². The van der Waals surface area contributed by atoms with Gasteiger partial charge in [0.1, 0.15) is 5.82 Å². The summed E-state index contributed by atoms with van der Waals surface area (Å²) in [6.07, 6.45) is 0. The molecule has 0 bridgehead atoms. The van der Waals surface area contributed by atoms with E-state index < -0.39 is 6.04 Å². The minimum Gasteiger partial charge on any atom is -0.360 e. The predicted molar refractivity (Wildman–Crippen MR) is 76.4 cm³/mol. The van der Waals surface area contributed by atoms with E-state index in [1.165, 1.54) is 17.4 Å². The summed E-state index contributed by atoms with van der Waals surface area (Å²) in [4.78, 5) is 12.0. The fourth-order valence-corrected chi connectivity index (χ4v) is 2.41. The lowest BCUT2D eigenvalue weighted by molar-refractivity contribution is 0.0938. The van der Waals surface area contributed by atoms with Gasteiger partial charge in [0.15, 0.2) is 0 Å². The van der Waals surface area contributed by atoms with Gasteiger partial charge in [-0.2, -0.15) is 0 Å². The molecule has 1 atom stereocenters. The lowest BCUT2D eigenvalue weighted by Crippen LogP contribution is -2.27. The van der Waals surface area contributed by atoms with Crippen molar-refractivity contribution in [2.24, 2.45) is 0 Å². The van der Waals surface area contributed by atoms with Crippen LogP contribution in [0.4, 0.5) is 9.52 Å². The molecule has 7 heteroatoms. The summed E-state index contributed by atoms with van der Waals surface area (Å²) < 4.78 is 13.6. The molecule has 106 valence electrons. The van der Waals surface area contributed by atoms with Crippen molar-refractivity contribution in [2.75, 3.05) is 11.9 Å². The predicted octanol–water partition coefficient (Wildman–Crippen LogP) is 2.60. The van der Waals surface area contributed by atoms with E-state index in [9.17, 15) is 9.18 Å². The number of anilines is 1. The highest BCUT2D eigenvalue weighted by Gasteiger charge is 2.17. The second-order valence-electron chi connectivity index (χ2n) is 4.16. The van der Waals surface area contributed by atoms with Crippen LogP contribution in [0.2, 0.25) is 0 Å². The van der Waals surface area contributed by atoms with Crippen LogP contribution in [0, 0.1) is 5.82 Å². The van der Waals surface area contributed by atoms with E-state index in [0.717, 1.165) is 0 Å². The van der Waals surface area contributed by atoms with Gasteiger partial charge in [-0.3, -0.25) is 4.79 Å². The zero-order chi connectivity index (χ0) is 14.5. The Hall–Kier alpha value is -2.02. The molecule has 1 heterocycles. The standard InChI is InChI=1S/C13H15FN4OS/c1-3-15-13-18-17-12(20-13)11(19)16-8(2)9-6-4-5-7-10(9)14/h4-8H,3H2,1-2H3,(H,15,18)(H,16,19). The van der Waals surface area contributed by atoms with Gasteiger partial charge in [-0.15, -0.1) is 10.2 Å². The van der Waals surface area contributed by atoms with Crippen molar-refractivity contribution in [3.8, 4) is 0 Å². The van der Waals surface area contributed by atoms with Gasteiger partial charge in [-0.05, 0) is 19.9 Å². The van der Waals surface area contributed by atoms with Gasteiger partial charge in [0.05, 0.1) is 6.04 Å². The number of nitrogens with zero attached hydrogens (tertiary/aromatic N) is 2. The third kappa shape index (κ3) is 3.30. The number of benzene rings is 1. The Labute approximate surface area is 120 Å². The van der Waals surface area contributed by atoms with Crippen molar-refractivity contribution < 1.29 is 9.18 Å². The van der Waals surface area contributed by atoms with E-state index in [0.29, 0.717) is 17.2 Å². The van der Waals surface area contributed by atoms with E-state index in [1.807, 2.05) is 6.92 Å². The van der Waals surface area contributed by atoms with Crippen molar-refractivity contribution in [3.05, 3.63) is 40.7 Å². The monoisotopic (exact) mass is 294 g/mol. The second-order valence-corrected chi connectivity index (χ2v) is 5.14. The number of amides is 1. The SMILES string of the molecule is CCNc1nnc(C(=O)NC(C)c2ccccc2F)s1. The maximum Gasteiger partial charge on any atom is 0.282 e. The van der Waals surface area contributed by atoms with Crippen molar-refractivity contribution in [2.45, 2.75) is 19.9 Å². The number of halogens is 1. The largest absolute Gasteiger partial charge is 0.360 e. The minimum atomic E-state index is -0.435. The molecular formula is C13H15FN4OS. The van der Waals surface area contributed by atoms with E-state index >= 15 is 0 Å². The molecule has 0 saturated carbocycles. The molecule has 2 aromatic rings. The van der Waals surface area contributed by atoms with Gasteiger partial charge >= 0.3 is 0 Å². The molecule has 0 aliphatic heterocycles. The number of rotatable bonds is 5. The average molecular weight is 294 g/mol. The van der Waals surface area contributed by atoms with E-state index in [-0.39, 0.29) is 16.7 Å². The quantitative estimate of drug-likeness (QED) is 0.889. The molecule has 2 rings (SSSR count). The third-order valence-corrected chi connectivity index (χ3v) is 3.55. The Morgan fingerprint density at radius 1 is 1.40 bits per heavy atom. The molecule has 0 fully saturated rings. The van der Waals surface area contributed by atoms with E-state index in [4.69, 9.17) is 0 Å². The molecule has 5 nitrogen and oxygen atoms in total. The summed E-state index contributed by atoms with van der Waals surface area (Å²) in [6, 6.07) is 5.92. The van der Waals surface area contributed by atoms with Gasteiger partial charge in [0.2, 0.25) is 10.1 Å². The second kappa shape index (κ2) is 6.42. The zero-order valence-electron chi connectivity index (χ0n) is 11.2. The first-order valence-corrected chi connectivity index (χ1v) is 7.06. The normalized spacial score (nSPS) is 11.9. The minimum absolute atomic E-state index is 0.254. The molecule has 1 aromatic heterocycles. The van der Waals surface area contributed by atoms with Gasteiger partial charge in [-0.1, -0.05) is 29.5 Å². The highest BCUT2D eigenvalue weighted by atomic mass is 32.1. The summed E-state index contributed by atoms with van der Waals surface area (Å²) >= 11 is 1.17. The molecule has 20 heavy (non-hydrogen) atoms. The van der Waals surface area contributed by atoms with Crippen LogP contribution in [-0.4, -0.2) is 22.6 Å². The van der Waals surface area contributed by atoms with Gasteiger partial charge in [0, 0.05) is 12.1 Å². The van der Waals surface area contributed by atoms with Crippen LogP contribution in [0.25, 0.3) is 0 Å². The van der Waals surface area contributed by atoms with Crippen LogP contribution >= 0.6 is 11.3 Å². The van der Waals surface area contributed by atoms with Gasteiger partial charge < -0.3 is 10.6 Å². The Bertz CT molecular complexity index is 602. The van der Waals surface area contributed by atoms with Crippen LogP contribution in [0.1, 0.15) is 35.3 Å². The Balaban J connectivity index is 2.05. The van der Waals surface area contributed by atoms with Crippen LogP contribution < -0.4 is 10.6 Å². The molecule has 0 radical (unpaired) electrons. The Morgan fingerprint density at radius 3 is 2.85 bits per heavy atom.